The van der Waals surface area contributed by atoms with Gasteiger partial charge in [0.05, 0.1) is 0 Å². The van der Waals surface area contributed by atoms with Crippen LogP contribution in [0.2, 0.25) is 0 Å². The van der Waals surface area contributed by atoms with Crippen molar-refractivity contribution in [3.05, 3.63) is 48.3 Å². The van der Waals surface area contributed by atoms with Crippen LogP contribution in [0, 0.1) is 5.82 Å². The topological polar surface area (TPSA) is 12.0 Å². The highest BCUT2D eigenvalue weighted by Crippen LogP contribution is 2.12. The highest BCUT2D eigenvalue weighted by Gasteiger charge is 2.03. The maximum atomic E-state index is 12.9. The van der Waals surface area contributed by atoms with E-state index in [-0.39, 0.29) is 11.9 Å². The van der Waals surface area contributed by atoms with Crippen molar-refractivity contribution in [1.82, 2.24) is 5.32 Å². The molecule has 0 aliphatic heterocycles. The Morgan fingerprint density at radius 3 is 3.00 bits per heavy atom. The Hall–Kier alpha value is -1.15. The van der Waals surface area contributed by atoms with Crippen LogP contribution in [0.15, 0.2) is 36.9 Å². The number of rotatable bonds is 5. The summed E-state index contributed by atoms with van der Waals surface area (Å²) < 4.78 is 12.9. The summed E-state index contributed by atoms with van der Waals surface area (Å²) in [6, 6.07) is 6.86. The first-order valence-electron chi connectivity index (χ1n) is 4.84. The van der Waals surface area contributed by atoms with Gasteiger partial charge >= 0.3 is 0 Å². The van der Waals surface area contributed by atoms with Crippen molar-refractivity contribution in [2.75, 3.05) is 6.54 Å². The van der Waals surface area contributed by atoms with Gasteiger partial charge in [0, 0.05) is 6.04 Å². The third-order valence-electron chi connectivity index (χ3n) is 2.15. The summed E-state index contributed by atoms with van der Waals surface area (Å²) in [5, 5.41) is 3.29. The summed E-state index contributed by atoms with van der Waals surface area (Å²) >= 11 is 0. The number of nitrogens with one attached hydrogen (secondary N) is 1. The molecule has 0 saturated heterocycles. The van der Waals surface area contributed by atoms with Crippen molar-refractivity contribution in [1.29, 1.82) is 0 Å². The Kier molecular flexibility index (Phi) is 4.33. The highest BCUT2D eigenvalue weighted by atomic mass is 19.1. The van der Waals surface area contributed by atoms with Crippen LogP contribution >= 0.6 is 0 Å². The SMILES string of the molecule is C=CCCNC(C)c1cccc(F)c1. The smallest absolute Gasteiger partial charge is 0.123 e. The Balaban J connectivity index is 2.51. The van der Waals surface area contributed by atoms with Gasteiger partial charge in [-0.1, -0.05) is 18.2 Å². The van der Waals surface area contributed by atoms with E-state index in [2.05, 4.69) is 11.9 Å². The van der Waals surface area contributed by atoms with E-state index in [1.807, 2.05) is 19.1 Å². The van der Waals surface area contributed by atoms with Gasteiger partial charge in [-0.2, -0.15) is 0 Å². The number of hydrogen-bond donors (Lipinski definition) is 1. The lowest BCUT2D eigenvalue weighted by molar-refractivity contribution is 0.570. The summed E-state index contributed by atoms with van der Waals surface area (Å²) in [7, 11) is 0. The monoisotopic (exact) mass is 193 g/mol. The van der Waals surface area contributed by atoms with Crippen LogP contribution < -0.4 is 5.32 Å². The molecule has 0 heterocycles. The van der Waals surface area contributed by atoms with E-state index in [9.17, 15) is 4.39 Å². The van der Waals surface area contributed by atoms with E-state index in [1.54, 1.807) is 12.1 Å². The second kappa shape index (κ2) is 5.55. The molecule has 1 unspecified atom stereocenters. The Labute approximate surface area is 84.6 Å². The maximum absolute atomic E-state index is 12.9. The van der Waals surface area contributed by atoms with Crippen LogP contribution in [0.1, 0.15) is 24.9 Å². The summed E-state index contributed by atoms with van der Waals surface area (Å²) in [5.41, 5.74) is 0.981. The minimum Gasteiger partial charge on any atom is -0.310 e. The van der Waals surface area contributed by atoms with Gasteiger partial charge in [-0.3, -0.25) is 0 Å². The molecule has 76 valence electrons. The van der Waals surface area contributed by atoms with E-state index < -0.39 is 0 Å². The molecule has 1 rings (SSSR count). The average molecular weight is 193 g/mol. The summed E-state index contributed by atoms with van der Waals surface area (Å²) in [6.45, 7) is 6.55. The van der Waals surface area contributed by atoms with Gasteiger partial charge in [0.15, 0.2) is 0 Å². The summed E-state index contributed by atoms with van der Waals surface area (Å²) in [5.74, 6) is -0.181. The summed E-state index contributed by atoms with van der Waals surface area (Å²) in [4.78, 5) is 0. The predicted molar refractivity (Wildman–Crippen MR) is 57.6 cm³/mol. The molecule has 2 heteroatoms. The molecule has 14 heavy (non-hydrogen) atoms. The van der Waals surface area contributed by atoms with Gasteiger partial charge in [0.2, 0.25) is 0 Å². The molecular formula is C12H16FN. The molecule has 1 aromatic rings. The lowest BCUT2D eigenvalue weighted by Gasteiger charge is -2.13. The van der Waals surface area contributed by atoms with Crippen molar-refractivity contribution in [2.45, 2.75) is 19.4 Å². The molecule has 0 spiro atoms. The van der Waals surface area contributed by atoms with Crippen LogP contribution in [0.5, 0.6) is 0 Å². The molecule has 0 aliphatic carbocycles. The van der Waals surface area contributed by atoms with Crippen LogP contribution in [-0.2, 0) is 0 Å². The van der Waals surface area contributed by atoms with Gasteiger partial charge in [-0.15, -0.1) is 6.58 Å². The molecule has 0 aliphatic rings. The zero-order chi connectivity index (χ0) is 10.4. The largest absolute Gasteiger partial charge is 0.310 e. The third-order valence-corrected chi connectivity index (χ3v) is 2.15. The predicted octanol–water partition coefficient (Wildman–Crippen LogP) is 3.05. The molecule has 0 aromatic heterocycles. The van der Waals surface area contributed by atoms with Crippen LogP contribution in [0.3, 0.4) is 0 Å². The van der Waals surface area contributed by atoms with Gasteiger partial charge in [-0.25, -0.2) is 4.39 Å². The molecule has 0 fully saturated rings. The third kappa shape index (κ3) is 3.30. The molecule has 0 radical (unpaired) electrons. The van der Waals surface area contributed by atoms with Crippen LogP contribution in [-0.4, -0.2) is 6.54 Å². The first kappa shape index (κ1) is 10.9. The first-order chi connectivity index (χ1) is 6.74. The van der Waals surface area contributed by atoms with Crippen molar-refractivity contribution < 1.29 is 4.39 Å². The molecule has 1 atom stereocenters. The van der Waals surface area contributed by atoms with E-state index >= 15 is 0 Å². The second-order valence-electron chi connectivity index (χ2n) is 3.31. The Morgan fingerprint density at radius 1 is 1.57 bits per heavy atom. The lowest BCUT2D eigenvalue weighted by Crippen LogP contribution is -2.19. The molecular weight excluding hydrogens is 177 g/mol. The second-order valence-corrected chi connectivity index (χ2v) is 3.31. The average Bonchev–Trinajstić information content (AvgIpc) is 2.18. The molecule has 0 amide bonds. The maximum Gasteiger partial charge on any atom is 0.123 e. The van der Waals surface area contributed by atoms with Crippen molar-refractivity contribution in [3.8, 4) is 0 Å². The summed E-state index contributed by atoms with van der Waals surface area (Å²) in [6.07, 6.45) is 2.80. The van der Waals surface area contributed by atoms with E-state index in [4.69, 9.17) is 0 Å². The number of benzene rings is 1. The Morgan fingerprint density at radius 2 is 2.36 bits per heavy atom. The van der Waals surface area contributed by atoms with Crippen molar-refractivity contribution in [2.24, 2.45) is 0 Å². The van der Waals surface area contributed by atoms with Gasteiger partial charge in [-0.05, 0) is 37.6 Å². The number of halogens is 1. The standard InChI is InChI=1S/C12H16FN/c1-3-4-8-14-10(2)11-6-5-7-12(13)9-11/h3,5-7,9-10,14H,1,4,8H2,2H3. The van der Waals surface area contributed by atoms with E-state index in [1.165, 1.54) is 6.07 Å². The number of hydrogen-bond acceptors (Lipinski definition) is 1. The van der Waals surface area contributed by atoms with Gasteiger partial charge in [0.25, 0.3) is 0 Å². The molecule has 0 saturated carbocycles. The lowest BCUT2D eigenvalue weighted by atomic mass is 10.1. The fourth-order valence-corrected chi connectivity index (χ4v) is 1.30. The first-order valence-corrected chi connectivity index (χ1v) is 4.84. The zero-order valence-electron chi connectivity index (χ0n) is 8.46. The molecule has 1 nitrogen and oxygen atoms in total. The van der Waals surface area contributed by atoms with E-state index in [0.717, 1.165) is 18.5 Å². The van der Waals surface area contributed by atoms with Crippen LogP contribution in [0.25, 0.3) is 0 Å². The molecule has 0 bridgehead atoms. The Bertz CT molecular complexity index is 296. The van der Waals surface area contributed by atoms with Crippen LogP contribution in [0.4, 0.5) is 4.39 Å². The zero-order valence-corrected chi connectivity index (χ0v) is 8.46. The van der Waals surface area contributed by atoms with Gasteiger partial charge in [0.1, 0.15) is 5.82 Å². The van der Waals surface area contributed by atoms with Crippen molar-refractivity contribution >= 4 is 0 Å². The minimum atomic E-state index is -0.181. The minimum absolute atomic E-state index is 0.181. The molecule has 1 aromatic carbocycles. The fourth-order valence-electron chi connectivity index (χ4n) is 1.30. The quantitative estimate of drug-likeness (QED) is 0.560. The fraction of sp³-hybridized carbons (Fsp3) is 0.333. The normalized spacial score (nSPS) is 12.4. The van der Waals surface area contributed by atoms with Gasteiger partial charge < -0.3 is 5.32 Å². The molecule has 1 N–H and O–H groups in total. The van der Waals surface area contributed by atoms with Crippen molar-refractivity contribution in [3.63, 3.8) is 0 Å². The van der Waals surface area contributed by atoms with E-state index in [0.29, 0.717) is 0 Å². The highest BCUT2D eigenvalue weighted by molar-refractivity contribution is 5.19.